The highest BCUT2D eigenvalue weighted by molar-refractivity contribution is 5.13. The summed E-state index contributed by atoms with van der Waals surface area (Å²) in [5.41, 5.74) is 1.11. The first-order chi connectivity index (χ1) is 7.42. The number of aliphatic hydroxyl groups is 1. The van der Waals surface area contributed by atoms with Gasteiger partial charge in [0.15, 0.2) is 0 Å². The van der Waals surface area contributed by atoms with Gasteiger partial charge in [0.2, 0.25) is 0 Å². The molecule has 1 heteroatoms. The molecule has 0 amide bonds. The van der Waals surface area contributed by atoms with E-state index in [9.17, 15) is 5.11 Å². The first-order valence-corrected chi connectivity index (χ1v) is 6.81. The van der Waals surface area contributed by atoms with Gasteiger partial charge < -0.3 is 5.11 Å². The summed E-state index contributed by atoms with van der Waals surface area (Å²) in [7, 11) is 0. The minimum Gasteiger partial charge on any atom is -0.390 e. The predicted octanol–water partition coefficient (Wildman–Crippen LogP) is 3.78. The third kappa shape index (κ3) is 2.07. The summed E-state index contributed by atoms with van der Waals surface area (Å²) in [5, 5.41) is 10.5. The molecule has 0 aromatic carbocycles. The molecule has 0 saturated heterocycles. The highest BCUT2D eigenvalue weighted by atomic mass is 16.3. The Bertz CT molecular complexity index is 288. The summed E-state index contributed by atoms with van der Waals surface area (Å²) in [6, 6.07) is 0. The van der Waals surface area contributed by atoms with Crippen LogP contribution in [0.15, 0.2) is 11.6 Å². The van der Waals surface area contributed by atoms with Gasteiger partial charge in [-0.25, -0.2) is 0 Å². The van der Waals surface area contributed by atoms with E-state index >= 15 is 0 Å². The van der Waals surface area contributed by atoms with Crippen LogP contribution in [-0.2, 0) is 0 Å². The van der Waals surface area contributed by atoms with Gasteiger partial charge in [0.1, 0.15) is 0 Å². The van der Waals surface area contributed by atoms with E-state index in [1.807, 2.05) is 0 Å². The minimum atomic E-state index is -0.423. The van der Waals surface area contributed by atoms with Crippen LogP contribution in [-0.4, -0.2) is 10.7 Å². The number of hydrogen-bond acceptors (Lipinski definition) is 1. The van der Waals surface area contributed by atoms with Crippen LogP contribution in [0, 0.1) is 23.7 Å². The van der Waals surface area contributed by atoms with Gasteiger partial charge >= 0.3 is 0 Å². The molecule has 1 nitrogen and oxygen atoms in total. The summed E-state index contributed by atoms with van der Waals surface area (Å²) in [4.78, 5) is 0. The summed E-state index contributed by atoms with van der Waals surface area (Å²) in [6.07, 6.45) is 7.01. The fourth-order valence-electron chi connectivity index (χ4n) is 3.87. The summed E-state index contributed by atoms with van der Waals surface area (Å²) in [6.45, 7) is 8.96. The first kappa shape index (κ1) is 12.2. The Morgan fingerprint density at radius 1 is 1.38 bits per heavy atom. The topological polar surface area (TPSA) is 20.2 Å². The van der Waals surface area contributed by atoms with Crippen molar-refractivity contribution in [3.05, 3.63) is 11.6 Å². The first-order valence-electron chi connectivity index (χ1n) is 6.81. The lowest BCUT2D eigenvalue weighted by Gasteiger charge is -2.49. The average Bonchev–Trinajstić information content (AvgIpc) is 2.16. The molecule has 0 aliphatic heterocycles. The fourth-order valence-corrected chi connectivity index (χ4v) is 3.87. The van der Waals surface area contributed by atoms with Crippen LogP contribution in [0.3, 0.4) is 0 Å². The standard InChI is InChI=1S/C15H26O/c1-10(2)12-7-8-15(4,16)14-6-5-11(3)9-13(12)14/h9-10,12-14,16H,5-8H2,1-4H3/t12-,13-,14+,15+/m0/s1. The van der Waals surface area contributed by atoms with Crippen LogP contribution in [0.2, 0.25) is 0 Å². The summed E-state index contributed by atoms with van der Waals surface area (Å²) < 4.78 is 0. The van der Waals surface area contributed by atoms with E-state index in [2.05, 4.69) is 33.8 Å². The van der Waals surface area contributed by atoms with E-state index in [1.165, 1.54) is 24.8 Å². The summed E-state index contributed by atoms with van der Waals surface area (Å²) >= 11 is 0. The van der Waals surface area contributed by atoms with Gasteiger partial charge in [-0.1, -0.05) is 25.5 Å². The molecule has 0 aromatic rings. The van der Waals surface area contributed by atoms with E-state index in [0.717, 1.165) is 18.3 Å². The molecule has 0 unspecified atom stereocenters. The molecule has 0 heterocycles. The van der Waals surface area contributed by atoms with Crippen molar-refractivity contribution in [2.24, 2.45) is 23.7 Å². The molecule has 2 aliphatic carbocycles. The number of rotatable bonds is 1. The molecule has 1 fully saturated rings. The Hall–Kier alpha value is -0.300. The van der Waals surface area contributed by atoms with Crippen molar-refractivity contribution >= 4 is 0 Å². The van der Waals surface area contributed by atoms with Gasteiger partial charge in [0.25, 0.3) is 0 Å². The van der Waals surface area contributed by atoms with E-state index in [1.54, 1.807) is 0 Å². The fraction of sp³-hybridized carbons (Fsp3) is 0.867. The van der Waals surface area contributed by atoms with Gasteiger partial charge in [-0.15, -0.1) is 0 Å². The van der Waals surface area contributed by atoms with E-state index in [0.29, 0.717) is 11.8 Å². The van der Waals surface area contributed by atoms with Gasteiger partial charge in [0, 0.05) is 0 Å². The third-order valence-corrected chi connectivity index (χ3v) is 4.92. The van der Waals surface area contributed by atoms with Gasteiger partial charge in [-0.05, 0) is 63.2 Å². The maximum atomic E-state index is 10.5. The van der Waals surface area contributed by atoms with Crippen molar-refractivity contribution in [3.63, 3.8) is 0 Å². The second-order valence-corrected chi connectivity index (χ2v) is 6.54. The molecule has 0 spiro atoms. The lowest BCUT2D eigenvalue weighted by Crippen LogP contribution is -2.48. The molecule has 1 saturated carbocycles. The van der Waals surface area contributed by atoms with Crippen LogP contribution >= 0.6 is 0 Å². The number of hydrogen-bond donors (Lipinski definition) is 1. The quantitative estimate of drug-likeness (QED) is 0.669. The molecule has 92 valence electrons. The molecule has 4 atom stereocenters. The zero-order valence-corrected chi connectivity index (χ0v) is 11.2. The molecular formula is C15H26O. The maximum Gasteiger partial charge on any atom is 0.0653 e. The lowest BCUT2D eigenvalue weighted by atomic mass is 9.58. The Morgan fingerprint density at radius 2 is 2.06 bits per heavy atom. The Kier molecular flexibility index (Phi) is 3.18. The number of fused-ring (bicyclic) bond motifs is 1. The average molecular weight is 222 g/mol. The van der Waals surface area contributed by atoms with Crippen molar-refractivity contribution in [2.45, 2.75) is 59.0 Å². The van der Waals surface area contributed by atoms with Crippen LogP contribution in [0.4, 0.5) is 0 Å². The highest BCUT2D eigenvalue weighted by Gasteiger charge is 2.46. The normalized spacial score (nSPS) is 44.1. The molecule has 1 N–H and O–H groups in total. The van der Waals surface area contributed by atoms with E-state index in [4.69, 9.17) is 0 Å². The molecule has 2 rings (SSSR count). The second kappa shape index (κ2) is 4.18. The monoisotopic (exact) mass is 222 g/mol. The van der Waals surface area contributed by atoms with E-state index in [-0.39, 0.29) is 0 Å². The van der Waals surface area contributed by atoms with Crippen molar-refractivity contribution in [2.75, 3.05) is 0 Å². The molecule has 0 aromatic heterocycles. The van der Waals surface area contributed by atoms with Gasteiger partial charge in [-0.3, -0.25) is 0 Å². The Morgan fingerprint density at radius 3 is 2.69 bits per heavy atom. The molecule has 0 bridgehead atoms. The Balaban J connectivity index is 2.27. The number of allylic oxidation sites excluding steroid dienone is 2. The van der Waals surface area contributed by atoms with Crippen molar-refractivity contribution in [1.82, 2.24) is 0 Å². The SMILES string of the molecule is CC1=C[C@@H]2[C@@H](CC1)[C@](C)(O)CC[C@H]2C(C)C. The minimum absolute atomic E-state index is 0.423. The molecule has 0 radical (unpaired) electrons. The smallest absolute Gasteiger partial charge is 0.0653 e. The van der Waals surface area contributed by atoms with Crippen molar-refractivity contribution in [1.29, 1.82) is 0 Å². The highest BCUT2D eigenvalue weighted by Crippen LogP contribution is 2.49. The van der Waals surface area contributed by atoms with Crippen molar-refractivity contribution in [3.8, 4) is 0 Å². The van der Waals surface area contributed by atoms with Gasteiger partial charge in [0.05, 0.1) is 5.60 Å². The van der Waals surface area contributed by atoms with Crippen molar-refractivity contribution < 1.29 is 5.11 Å². The Labute approximate surface area is 99.9 Å². The predicted molar refractivity (Wildman–Crippen MR) is 68.2 cm³/mol. The van der Waals surface area contributed by atoms with Gasteiger partial charge in [-0.2, -0.15) is 0 Å². The summed E-state index contributed by atoms with van der Waals surface area (Å²) in [5.74, 6) is 2.64. The van der Waals surface area contributed by atoms with Crippen LogP contribution in [0.25, 0.3) is 0 Å². The van der Waals surface area contributed by atoms with Crippen LogP contribution in [0.5, 0.6) is 0 Å². The zero-order valence-electron chi connectivity index (χ0n) is 11.2. The van der Waals surface area contributed by atoms with E-state index < -0.39 is 5.60 Å². The molecule has 16 heavy (non-hydrogen) atoms. The lowest BCUT2D eigenvalue weighted by molar-refractivity contribution is -0.0807. The molecule has 2 aliphatic rings. The van der Waals surface area contributed by atoms with Crippen LogP contribution < -0.4 is 0 Å². The largest absolute Gasteiger partial charge is 0.390 e. The zero-order chi connectivity index (χ0) is 11.9. The third-order valence-electron chi connectivity index (χ3n) is 4.92. The second-order valence-electron chi connectivity index (χ2n) is 6.54. The maximum absolute atomic E-state index is 10.5. The van der Waals surface area contributed by atoms with Crippen LogP contribution in [0.1, 0.15) is 53.4 Å². The molecular weight excluding hydrogens is 196 g/mol.